The molecule has 0 rings (SSSR count). The van der Waals surface area contributed by atoms with Crippen LogP contribution in [0.3, 0.4) is 0 Å². The second-order valence-electron chi connectivity index (χ2n) is 33.0. The van der Waals surface area contributed by atoms with E-state index in [0.717, 1.165) is 0 Å². The molecular formula is C85H148O30Si4. The molecule has 0 radical (unpaired) electrons. The highest BCUT2D eigenvalue weighted by Gasteiger charge is 2.38. The lowest BCUT2D eigenvalue weighted by molar-refractivity contribution is -0.167. The number of carbonyl (C=O) groups excluding carboxylic acids is 12. The fourth-order valence-electron chi connectivity index (χ4n) is 10.6. The van der Waals surface area contributed by atoms with Crippen LogP contribution < -0.4 is 0 Å². The molecule has 0 bridgehead atoms. The van der Waals surface area contributed by atoms with Crippen LogP contribution in [-0.4, -0.2) is 232 Å². The minimum atomic E-state index is -2.16. The molecule has 30 nitrogen and oxygen atoms in total. The van der Waals surface area contributed by atoms with Gasteiger partial charge in [-0.05, 0) is 170 Å². The Morgan fingerprint density at radius 3 is 0.731 bits per heavy atom. The Hall–Kier alpha value is -6.77. The maximum atomic E-state index is 13.2. The monoisotopic (exact) mass is 1760 g/mol. The van der Waals surface area contributed by atoms with Gasteiger partial charge in [0.15, 0.2) is 0 Å². The van der Waals surface area contributed by atoms with Crippen molar-refractivity contribution < 1.29 is 142 Å². The lowest BCUT2D eigenvalue weighted by atomic mass is 9.88. The third-order valence-electron chi connectivity index (χ3n) is 19.8. The van der Waals surface area contributed by atoms with Gasteiger partial charge in [0.05, 0.1) is 43.9 Å². The van der Waals surface area contributed by atoms with Crippen molar-refractivity contribution in [2.45, 2.75) is 311 Å². The Labute approximate surface area is 712 Å². The van der Waals surface area contributed by atoms with Gasteiger partial charge in [0, 0.05) is 134 Å². The molecule has 0 aliphatic carbocycles. The third-order valence-corrected chi connectivity index (χ3v) is 27.6. The molecule has 6 atom stereocenters. The first-order chi connectivity index (χ1) is 56.0. The van der Waals surface area contributed by atoms with Crippen LogP contribution in [0.2, 0.25) is 52.4 Å². The smallest absolute Gasteiger partial charge is 0.306 e. The van der Waals surface area contributed by atoms with Crippen molar-refractivity contribution >= 4 is 105 Å². The molecule has 0 saturated heterocycles. The molecule has 0 aromatic rings. The highest BCUT2D eigenvalue weighted by Crippen LogP contribution is 2.29. The minimum Gasteiger partial charge on any atom is -0.466 e. The molecule has 0 spiro atoms. The zero-order valence-corrected chi connectivity index (χ0v) is 78.4. The molecule has 0 heterocycles. The van der Waals surface area contributed by atoms with E-state index in [1.807, 2.05) is 90.2 Å². The maximum Gasteiger partial charge on any atom is 0.306 e. The van der Waals surface area contributed by atoms with E-state index in [4.69, 9.17) is 74.5 Å². The first kappa shape index (κ1) is 112. The van der Waals surface area contributed by atoms with E-state index >= 15 is 0 Å². The summed E-state index contributed by atoms with van der Waals surface area (Å²) in [6, 6.07) is 0. The second kappa shape index (κ2) is 62.3. The van der Waals surface area contributed by atoms with Gasteiger partial charge in [-0.3, -0.25) is 57.5 Å². The predicted molar refractivity (Wildman–Crippen MR) is 456 cm³/mol. The van der Waals surface area contributed by atoms with E-state index in [-0.39, 0.29) is 213 Å². The van der Waals surface area contributed by atoms with Crippen LogP contribution in [0.5, 0.6) is 0 Å². The molecule has 684 valence electrons. The van der Waals surface area contributed by atoms with E-state index in [1.165, 1.54) is 0 Å². The number of aliphatic hydroxyl groups excluding tert-OH is 2. The number of hydrogen-bond donors (Lipinski definition) is 2. The zero-order valence-electron chi connectivity index (χ0n) is 74.4. The fraction of sp³-hybridized carbons (Fsp3) is 0.765. The number of unbranched alkanes of at least 4 members (excludes halogenated alkanes) is 6. The average molecular weight is 1760 g/mol. The van der Waals surface area contributed by atoms with E-state index in [0.29, 0.717) is 64.4 Å². The molecule has 6 unspecified atom stereocenters. The molecule has 0 amide bonds. The molecule has 0 saturated carbocycles. The van der Waals surface area contributed by atoms with Gasteiger partial charge in [-0.15, -0.1) is 26.3 Å². The molecule has 34 heteroatoms. The van der Waals surface area contributed by atoms with Crippen LogP contribution >= 0.6 is 0 Å². The van der Waals surface area contributed by atoms with Gasteiger partial charge in [-0.1, -0.05) is 36.6 Å². The number of aliphatic hydroxyl groups is 2. The number of carbonyl (C=O) groups is 12. The Morgan fingerprint density at radius 1 is 0.277 bits per heavy atom. The van der Waals surface area contributed by atoms with Gasteiger partial charge in [0.25, 0.3) is 0 Å². The second-order valence-corrected chi connectivity index (χ2v) is 48.5. The Bertz CT molecular complexity index is 2990. The number of rotatable bonds is 74. The minimum absolute atomic E-state index is 0.0151. The van der Waals surface area contributed by atoms with Crippen LogP contribution in [0.15, 0.2) is 49.1 Å². The van der Waals surface area contributed by atoms with Crippen LogP contribution in [0.4, 0.5) is 0 Å². The Kier molecular flexibility index (Phi) is 58.8. The van der Waals surface area contributed by atoms with Gasteiger partial charge >= 0.3 is 71.6 Å². The third kappa shape index (κ3) is 58.0. The summed E-state index contributed by atoms with van der Waals surface area (Å²) in [5.41, 5.74) is 3.75. The summed E-state index contributed by atoms with van der Waals surface area (Å²) in [5, 5.41) is 20.9. The van der Waals surface area contributed by atoms with Crippen LogP contribution in [-0.2, 0) is 132 Å². The van der Waals surface area contributed by atoms with E-state index in [1.54, 1.807) is 26.5 Å². The molecule has 119 heavy (non-hydrogen) atoms. The predicted octanol–water partition coefficient (Wildman–Crippen LogP) is 13.5. The summed E-state index contributed by atoms with van der Waals surface area (Å²) in [4.78, 5) is 154. The molecule has 0 aromatic carbocycles. The standard InChI is InChI=1S/C85H148O30Si4/c1-19-83(57-86,66-111-117(13,14)22-4)59-103-74(91)40-31-32-41-75(92)104-60-84(20-2,62-106-77(94)46-34-36-48-82(99)113-68(8)52-56-110-116(11,12)21-3)61-105-76(93)45-33-35-47-81(98)112-67(7)49-53-100-71(88)37-25-28-42-78(95)107-63-85(58-87,64-108-79(96)43-29-26-38-72(89)101-54-50-69(9)114-118(15,16)23-5)65-109-80(97)44-30-27-39-73(90)102-55-51-70(10)115-119(17,18)24-6/h21-24,67-70,86-87H,3-6,19-20,25-66H2,1-2,7-18H3. The van der Waals surface area contributed by atoms with E-state index in [9.17, 15) is 67.7 Å². The summed E-state index contributed by atoms with van der Waals surface area (Å²) in [6.07, 6.45) is 4.24. The summed E-state index contributed by atoms with van der Waals surface area (Å²) < 4.78 is 90.2. The summed E-state index contributed by atoms with van der Waals surface area (Å²) >= 11 is 0. The quantitative estimate of drug-likeness (QED) is 0.0247. The summed E-state index contributed by atoms with van der Waals surface area (Å²) in [5.74, 6) is -6.71. The molecule has 0 fully saturated rings. The Balaban J connectivity index is 5.45. The summed E-state index contributed by atoms with van der Waals surface area (Å²) in [6.45, 7) is 39.7. The van der Waals surface area contributed by atoms with Crippen molar-refractivity contribution in [3.05, 3.63) is 49.1 Å². The SMILES string of the molecule is C=C[Si](C)(C)OCCC(C)OC(=O)CCCCC(=O)OCC(CC)(COC(=O)CCCCC(=O)OCC(CC)(CO)CO[Si](C)(C)C=C)COC(=O)CCCCC(=O)OC(C)CCOC(=O)CCCCC(=O)OCC(CO)(COC(=O)CCCCC(=O)OCCC(C)O[Si](C)(C)C=C)COC(=O)CCCCC(=O)OCCC(C)O[Si](C)(C)C=C. The number of esters is 12. The fourth-order valence-corrected chi connectivity index (χ4v) is 14.7. The van der Waals surface area contributed by atoms with Gasteiger partial charge in [-0.2, -0.15) is 0 Å². The van der Waals surface area contributed by atoms with Crippen LogP contribution in [0, 0.1) is 16.2 Å². The molecule has 0 aromatic heterocycles. The molecular weight excluding hydrogens is 1610 g/mol. The van der Waals surface area contributed by atoms with Crippen molar-refractivity contribution in [1.82, 2.24) is 0 Å². The normalized spacial score (nSPS) is 14.3. The van der Waals surface area contributed by atoms with E-state index in [2.05, 4.69) is 26.3 Å². The van der Waals surface area contributed by atoms with Gasteiger partial charge in [0.2, 0.25) is 33.3 Å². The molecule has 0 aliphatic heterocycles. The van der Waals surface area contributed by atoms with Gasteiger partial charge in [-0.25, -0.2) is 0 Å². The molecule has 0 aliphatic rings. The van der Waals surface area contributed by atoms with Crippen molar-refractivity contribution in [1.29, 1.82) is 0 Å². The van der Waals surface area contributed by atoms with Crippen molar-refractivity contribution in [3.8, 4) is 0 Å². The highest BCUT2D eigenvalue weighted by atomic mass is 28.4. The number of ether oxygens (including phenoxy) is 12. The van der Waals surface area contributed by atoms with Crippen molar-refractivity contribution in [2.75, 3.05) is 92.5 Å². The van der Waals surface area contributed by atoms with Gasteiger partial charge < -0.3 is 84.8 Å². The largest absolute Gasteiger partial charge is 0.466 e. The van der Waals surface area contributed by atoms with Crippen LogP contribution in [0.25, 0.3) is 0 Å². The molecule has 2 N–H and O–H groups in total. The lowest BCUT2D eigenvalue weighted by Gasteiger charge is -2.33. The first-order valence-corrected chi connectivity index (χ1v) is 54.3. The average Bonchev–Trinajstić information content (AvgIpc) is 0.868. The number of hydrogen-bond acceptors (Lipinski definition) is 30. The van der Waals surface area contributed by atoms with Crippen LogP contribution in [0.1, 0.15) is 234 Å². The first-order valence-electron chi connectivity index (χ1n) is 42.4. The maximum absolute atomic E-state index is 13.2. The summed E-state index contributed by atoms with van der Waals surface area (Å²) in [7, 11) is -8.13. The van der Waals surface area contributed by atoms with Crippen molar-refractivity contribution in [3.63, 3.8) is 0 Å². The topological polar surface area (TPSA) is 393 Å². The lowest BCUT2D eigenvalue weighted by Crippen LogP contribution is -2.42. The zero-order chi connectivity index (χ0) is 90.0. The van der Waals surface area contributed by atoms with E-state index < -0.39 is 154 Å². The van der Waals surface area contributed by atoms with Gasteiger partial charge in [0.1, 0.15) is 58.5 Å². The Morgan fingerprint density at radius 2 is 0.487 bits per heavy atom. The highest BCUT2D eigenvalue weighted by molar-refractivity contribution is 6.77. The van der Waals surface area contributed by atoms with Crippen molar-refractivity contribution in [2.24, 2.45) is 16.2 Å².